The van der Waals surface area contributed by atoms with Crippen LogP contribution >= 0.6 is 0 Å². The number of esters is 1. The Bertz CT molecular complexity index is 651. The van der Waals surface area contributed by atoms with Gasteiger partial charge in [0.05, 0.1) is 35.8 Å². The van der Waals surface area contributed by atoms with Crippen LogP contribution in [0, 0.1) is 11.7 Å². The van der Waals surface area contributed by atoms with E-state index in [1.54, 1.807) is 29.9 Å². The molecule has 1 aromatic carbocycles. The number of aromatic nitrogens is 2. The minimum absolute atomic E-state index is 0.206. The van der Waals surface area contributed by atoms with Crippen molar-refractivity contribution in [2.24, 2.45) is 5.92 Å². The van der Waals surface area contributed by atoms with Gasteiger partial charge in [0.15, 0.2) is 0 Å². The first-order valence-corrected chi connectivity index (χ1v) is 6.92. The summed E-state index contributed by atoms with van der Waals surface area (Å²) in [7, 11) is 0. The lowest BCUT2D eigenvalue weighted by Gasteiger charge is -2.23. The second kappa shape index (κ2) is 5.55. The lowest BCUT2D eigenvalue weighted by atomic mass is 9.99. The van der Waals surface area contributed by atoms with Gasteiger partial charge >= 0.3 is 5.97 Å². The fourth-order valence-corrected chi connectivity index (χ4v) is 2.49. The van der Waals surface area contributed by atoms with E-state index in [1.165, 1.54) is 12.1 Å². The monoisotopic (exact) mass is 289 g/mol. The molecule has 0 saturated carbocycles. The van der Waals surface area contributed by atoms with Crippen molar-refractivity contribution in [2.45, 2.75) is 13.3 Å². The third kappa shape index (κ3) is 2.61. The SMILES string of the molecule is CCOC(=O)C1CNc2cnn(-c3ccc(F)cc3)c2C1. The lowest BCUT2D eigenvalue weighted by molar-refractivity contribution is -0.147. The van der Waals surface area contributed by atoms with Crippen LogP contribution in [0.5, 0.6) is 0 Å². The van der Waals surface area contributed by atoms with E-state index in [-0.39, 0.29) is 17.7 Å². The Morgan fingerprint density at radius 2 is 2.24 bits per heavy atom. The first kappa shape index (κ1) is 13.6. The molecule has 1 N–H and O–H groups in total. The second-order valence-electron chi connectivity index (χ2n) is 4.93. The Balaban J connectivity index is 1.89. The summed E-state index contributed by atoms with van der Waals surface area (Å²) in [6, 6.07) is 6.11. The van der Waals surface area contributed by atoms with Crippen molar-refractivity contribution in [2.75, 3.05) is 18.5 Å². The van der Waals surface area contributed by atoms with Crippen molar-refractivity contribution in [3.8, 4) is 5.69 Å². The molecule has 1 aliphatic rings. The van der Waals surface area contributed by atoms with E-state index in [9.17, 15) is 9.18 Å². The van der Waals surface area contributed by atoms with Crippen LogP contribution in [0.25, 0.3) is 5.69 Å². The third-order valence-corrected chi connectivity index (χ3v) is 3.54. The Morgan fingerprint density at radius 3 is 2.95 bits per heavy atom. The molecule has 0 amide bonds. The Hall–Kier alpha value is -2.37. The van der Waals surface area contributed by atoms with Gasteiger partial charge in [-0.25, -0.2) is 9.07 Å². The van der Waals surface area contributed by atoms with Crippen molar-refractivity contribution in [3.63, 3.8) is 0 Å². The summed E-state index contributed by atoms with van der Waals surface area (Å²) in [4.78, 5) is 11.9. The summed E-state index contributed by atoms with van der Waals surface area (Å²) in [6.07, 6.45) is 2.28. The number of benzene rings is 1. The number of rotatable bonds is 3. The molecule has 0 spiro atoms. The quantitative estimate of drug-likeness (QED) is 0.880. The number of hydrogen-bond donors (Lipinski definition) is 1. The zero-order valence-electron chi connectivity index (χ0n) is 11.7. The van der Waals surface area contributed by atoms with E-state index in [0.717, 1.165) is 17.1 Å². The van der Waals surface area contributed by atoms with E-state index >= 15 is 0 Å². The molecule has 3 rings (SSSR count). The summed E-state index contributed by atoms with van der Waals surface area (Å²) in [5, 5.41) is 7.51. The summed E-state index contributed by atoms with van der Waals surface area (Å²) in [5.74, 6) is -0.724. The van der Waals surface area contributed by atoms with Crippen LogP contribution in [0.4, 0.5) is 10.1 Å². The number of fused-ring (bicyclic) bond motifs is 1. The smallest absolute Gasteiger partial charge is 0.311 e. The fourth-order valence-electron chi connectivity index (χ4n) is 2.49. The number of nitrogens with zero attached hydrogens (tertiary/aromatic N) is 2. The molecule has 0 bridgehead atoms. The first-order chi connectivity index (χ1) is 10.2. The van der Waals surface area contributed by atoms with Crippen molar-refractivity contribution in [1.29, 1.82) is 0 Å². The zero-order valence-corrected chi connectivity index (χ0v) is 11.7. The maximum atomic E-state index is 13.0. The van der Waals surface area contributed by atoms with Crippen LogP contribution in [0.15, 0.2) is 30.5 Å². The average Bonchev–Trinajstić information content (AvgIpc) is 2.91. The van der Waals surface area contributed by atoms with Crippen molar-refractivity contribution in [3.05, 3.63) is 42.0 Å². The van der Waals surface area contributed by atoms with Crippen molar-refractivity contribution < 1.29 is 13.9 Å². The minimum Gasteiger partial charge on any atom is -0.466 e. The Labute approximate surface area is 121 Å². The van der Waals surface area contributed by atoms with Gasteiger partial charge in [0.25, 0.3) is 0 Å². The fraction of sp³-hybridized carbons (Fsp3) is 0.333. The molecule has 110 valence electrons. The molecule has 1 atom stereocenters. The van der Waals surface area contributed by atoms with Gasteiger partial charge in [-0.3, -0.25) is 4.79 Å². The Morgan fingerprint density at radius 1 is 1.48 bits per heavy atom. The molecular formula is C15H16FN3O2. The largest absolute Gasteiger partial charge is 0.466 e. The molecule has 2 aromatic rings. The highest BCUT2D eigenvalue weighted by Crippen LogP contribution is 2.27. The van der Waals surface area contributed by atoms with Crippen LogP contribution < -0.4 is 5.32 Å². The molecule has 0 aliphatic carbocycles. The molecule has 1 aromatic heterocycles. The average molecular weight is 289 g/mol. The molecule has 6 heteroatoms. The predicted octanol–water partition coefficient (Wildman–Crippen LogP) is 2.16. The van der Waals surface area contributed by atoms with Gasteiger partial charge in [-0.15, -0.1) is 0 Å². The highest BCUT2D eigenvalue weighted by molar-refractivity contribution is 5.75. The van der Waals surface area contributed by atoms with Gasteiger partial charge in [0.2, 0.25) is 0 Å². The molecule has 0 radical (unpaired) electrons. The first-order valence-electron chi connectivity index (χ1n) is 6.92. The van der Waals surface area contributed by atoms with E-state index in [4.69, 9.17) is 4.74 Å². The van der Waals surface area contributed by atoms with Crippen LogP contribution in [-0.2, 0) is 16.0 Å². The molecule has 0 fully saturated rings. The predicted molar refractivity (Wildman–Crippen MR) is 75.8 cm³/mol. The number of nitrogens with one attached hydrogen (secondary N) is 1. The Kier molecular flexibility index (Phi) is 3.60. The number of hydrogen-bond acceptors (Lipinski definition) is 4. The maximum Gasteiger partial charge on any atom is 0.311 e. The van der Waals surface area contributed by atoms with Crippen molar-refractivity contribution >= 4 is 11.7 Å². The molecule has 1 aliphatic heterocycles. The van der Waals surface area contributed by atoms with Gasteiger partial charge in [-0.2, -0.15) is 5.10 Å². The molecular weight excluding hydrogens is 273 g/mol. The highest BCUT2D eigenvalue weighted by atomic mass is 19.1. The summed E-state index contributed by atoms with van der Waals surface area (Å²) in [5.41, 5.74) is 2.58. The van der Waals surface area contributed by atoms with Crippen LogP contribution in [-0.4, -0.2) is 28.9 Å². The van der Waals surface area contributed by atoms with Crippen molar-refractivity contribution in [1.82, 2.24) is 9.78 Å². The van der Waals surface area contributed by atoms with Crippen LogP contribution in [0.2, 0.25) is 0 Å². The van der Waals surface area contributed by atoms with Crippen LogP contribution in [0.3, 0.4) is 0 Å². The summed E-state index contributed by atoms with van der Waals surface area (Å²) >= 11 is 0. The molecule has 21 heavy (non-hydrogen) atoms. The zero-order chi connectivity index (χ0) is 14.8. The molecule has 0 saturated heterocycles. The van der Waals surface area contributed by atoms with E-state index in [1.807, 2.05) is 0 Å². The molecule has 2 heterocycles. The summed E-state index contributed by atoms with van der Waals surface area (Å²) in [6.45, 7) is 2.71. The maximum absolute atomic E-state index is 13.0. The lowest BCUT2D eigenvalue weighted by Crippen LogP contribution is -2.31. The van der Waals surface area contributed by atoms with Gasteiger partial charge in [-0.1, -0.05) is 0 Å². The number of halogens is 1. The summed E-state index contributed by atoms with van der Waals surface area (Å²) < 4.78 is 19.8. The van der Waals surface area contributed by atoms with Gasteiger partial charge in [0.1, 0.15) is 5.82 Å². The van der Waals surface area contributed by atoms with Crippen LogP contribution in [0.1, 0.15) is 12.6 Å². The van der Waals surface area contributed by atoms with Gasteiger partial charge in [0, 0.05) is 13.0 Å². The van der Waals surface area contributed by atoms with E-state index in [2.05, 4.69) is 10.4 Å². The standard InChI is InChI=1S/C15H16FN3O2/c1-2-21-15(20)10-7-14-13(17-8-10)9-18-19(14)12-5-3-11(16)4-6-12/h3-6,9-10,17H,2,7-8H2,1H3. The number of carbonyl (C=O) groups is 1. The molecule has 1 unspecified atom stereocenters. The van der Waals surface area contributed by atoms with Gasteiger partial charge < -0.3 is 10.1 Å². The second-order valence-corrected chi connectivity index (χ2v) is 4.93. The number of carbonyl (C=O) groups excluding carboxylic acids is 1. The number of ether oxygens (including phenoxy) is 1. The number of anilines is 1. The normalized spacial score (nSPS) is 17.0. The molecule has 5 nitrogen and oxygen atoms in total. The van der Waals surface area contributed by atoms with E-state index in [0.29, 0.717) is 19.6 Å². The highest BCUT2D eigenvalue weighted by Gasteiger charge is 2.28. The third-order valence-electron chi connectivity index (χ3n) is 3.54. The minimum atomic E-state index is -0.290. The van der Waals surface area contributed by atoms with Gasteiger partial charge in [-0.05, 0) is 31.2 Å². The topological polar surface area (TPSA) is 56.1 Å². The van der Waals surface area contributed by atoms with E-state index < -0.39 is 0 Å².